The van der Waals surface area contributed by atoms with Crippen molar-refractivity contribution in [3.63, 3.8) is 0 Å². The van der Waals surface area contributed by atoms with Gasteiger partial charge in [-0.05, 0) is 56.0 Å². The zero-order valence-electron chi connectivity index (χ0n) is 12.2. The Morgan fingerprint density at radius 2 is 2.00 bits per heavy atom. The summed E-state index contributed by atoms with van der Waals surface area (Å²) in [7, 11) is 2.21. The van der Waals surface area contributed by atoms with Crippen LogP contribution in [0, 0.1) is 24.2 Å². The van der Waals surface area contributed by atoms with Crippen molar-refractivity contribution < 1.29 is 0 Å². The molecule has 0 spiro atoms. The zero-order chi connectivity index (χ0) is 13.7. The number of hydrogen-bond donors (Lipinski definition) is 0. The van der Waals surface area contributed by atoms with Crippen LogP contribution in [0.1, 0.15) is 48.8 Å². The third-order valence-corrected chi connectivity index (χ3v) is 4.21. The second-order valence-corrected chi connectivity index (χ2v) is 5.95. The first-order valence-corrected chi connectivity index (χ1v) is 7.37. The maximum Gasteiger partial charge on any atom is 0.0991 e. The largest absolute Gasteiger partial charge is 0.302 e. The second kappa shape index (κ2) is 6.73. The van der Waals surface area contributed by atoms with Crippen LogP contribution in [0.25, 0.3) is 0 Å². The summed E-state index contributed by atoms with van der Waals surface area (Å²) in [5.41, 5.74) is 3.34. The summed E-state index contributed by atoms with van der Waals surface area (Å²) in [6.45, 7) is 4.30. The zero-order valence-corrected chi connectivity index (χ0v) is 12.2. The number of rotatable bonds is 4. The van der Waals surface area contributed by atoms with Gasteiger partial charge in [-0.15, -0.1) is 0 Å². The van der Waals surface area contributed by atoms with Gasteiger partial charge in [0.15, 0.2) is 0 Å². The number of aryl methyl sites for hydroxylation is 1. The Balaban J connectivity index is 1.91. The molecule has 0 atom stereocenters. The van der Waals surface area contributed by atoms with Gasteiger partial charge >= 0.3 is 0 Å². The lowest BCUT2D eigenvalue weighted by Gasteiger charge is -2.27. The molecule has 0 saturated heterocycles. The monoisotopic (exact) mass is 256 g/mol. The van der Waals surface area contributed by atoms with E-state index in [9.17, 15) is 0 Å². The molecule has 0 unspecified atom stereocenters. The fourth-order valence-corrected chi connectivity index (χ4v) is 3.11. The molecule has 0 bridgehead atoms. The summed E-state index contributed by atoms with van der Waals surface area (Å²) < 4.78 is 0. The predicted octanol–water partition coefficient (Wildman–Crippen LogP) is 3.88. The molecular weight excluding hydrogens is 232 g/mol. The molecule has 2 rings (SSSR count). The van der Waals surface area contributed by atoms with E-state index in [0.29, 0.717) is 0 Å². The molecule has 102 valence electrons. The topological polar surface area (TPSA) is 27.0 Å². The first-order valence-electron chi connectivity index (χ1n) is 7.37. The van der Waals surface area contributed by atoms with Gasteiger partial charge in [-0.2, -0.15) is 5.26 Å². The van der Waals surface area contributed by atoms with E-state index in [4.69, 9.17) is 5.26 Å². The summed E-state index contributed by atoms with van der Waals surface area (Å²) in [4.78, 5) is 2.43. The van der Waals surface area contributed by atoms with Crippen LogP contribution in [0.5, 0.6) is 0 Å². The van der Waals surface area contributed by atoms with Crippen LogP contribution in [0.15, 0.2) is 18.2 Å². The fourth-order valence-electron chi connectivity index (χ4n) is 3.11. The smallest absolute Gasteiger partial charge is 0.0991 e. The predicted molar refractivity (Wildman–Crippen MR) is 78.8 cm³/mol. The minimum Gasteiger partial charge on any atom is -0.302 e. The highest BCUT2D eigenvalue weighted by Gasteiger charge is 2.15. The number of nitriles is 1. The highest BCUT2D eigenvalue weighted by atomic mass is 15.1. The van der Waals surface area contributed by atoms with E-state index in [1.807, 2.05) is 12.1 Å². The van der Waals surface area contributed by atoms with Crippen molar-refractivity contribution in [3.8, 4) is 6.07 Å². The van der Waals surface area contributed by atoms with Crippen molar-refractivity contribution in [1.82, 2.24) is 4.90 Å². The van der Waals surface area contributed by atoms with Crippen molar-refractivity contribution in [1.29, 1.82) is 5.26 Å². The Hall–Kier alpha value is -1.33. The minimum absolute atomic E-state index is 0.760. The van der Waals surface area contributed by atoms with Gasteiger partial charge in [0.05, 0.1) is 11.6 Å². The molecule has 1 aromatic rings. The van der Waals surface area contributed by atoms with Gasteiger partial charge in [0.2, 0.25) is 0 Å². The summed E-state index contributed by atoms with van der Waals surface area (Å²) in [5.74, 6) is 0.887. The van der Waals surface area contributed by atoms with Crippen LogP contribution in [-0.4, -0.2) is 18.5 Å². The summed E-state index contributed by atoms with van der Waals surface area (Å²) in [6.07, 6.45) is 7.05. The average molecular weight is 256 g/mol. The fraction of sp³-hybridized carbons (Fsp3) is 0.588. The Kier molecular flexibility index (Phi) is 4.99. The van der Waals surface area contributed by atoms with Crippen LogP contribution < -0.4 is 0 Å². The minimum atomic E-state index is 0.760. The first kappa shape index (κ1) is 14.1. The van der Waals surface area contributed by atoms with Crippen LogP contribution in [-0.2, 0) is 6.54 Å². The SMILES string of the molecule is Cc1cc(C#N)ccc1CN(C)CC1CCCCC1. The van der Waals surface area contributed by atoms with Crippen molar-refractivity contribution >= 4 is 0 Å². The van der Waals surface area contributed by atoms with Gasteiger partial charge in [-0.25, -0.2) is 0 Å². The van der Waals surface area contributed by atoms with E-state index in [1.165, 1.54) is 49.8 Å². The lowest BCUT2D eigenvalue weighted by Crippen LogP contribution is -2.27. The van der Waals surface area contributed by atoms with Gasteiger partial charge in [0, 0.05) is 13.1 Å². The quantitative estimate of drug-likeness (QED) is 0.817. The average Bonchev–Trinajstić information content (AvgIpc) is 2.42. The highest BCUT2D eigenvalue weighted by Crippen LogP contribution is 2.24. The number of hydrogen-bond acceptors (Lipinski definition) is 2. The molecule has 0 N–H and O–H groups in total. The van der Waals surface area contributed by atoms with Crippen LogP contribution >= 0.6 is 0 Å². The van der Waals surface area contributed by atoms with E-state index in [0.717, 1.165) is 18.0 Å². The molecule has 2 heteroatoms. The maximum atomic E-state index is 8.89. The molecule has 2 nitrogen and oxygen atoms in total. The van der Waals surface area contributed by atoms with Crippen molar-refractivity contribution in [2.75, 3.05) is 13.6 Å². The Bertz CT molecular complexity index is 453. The lowest BCUT2D eigenvalue weighted by molar-refractivity contribution is 0.228. The standard InChI is InChI=1S/C17H24N2/c1-14-10-16(11-18)8-9-17(14)13-19(2)12-15-6-4-3-5-7-15/h8-10,15H,3-7,12-13H2,1-2H3. The molecule has 0 amide bonds. The van der Waals surface area contributed by atoms with Crippen LogP contribution in [0.4, 0.5) is 0 Å². The molecule has 1 saturated carbocycles. The van der Waals surface area contributed by atoms with Crippen molar-refractivity contribution in [2.24, 2.45) is 5.92 Å². The van der Waals surface area contributed by atoms with Gasteiger partial charge in [0.1, 0.15) is 0 Å². The Morgan fingerprint density at radius 1 is 1.26 bits per heavy atom. The molecule has 1 aliphatic rings. The van der Waals surface area contributed by atoms with E-state index >= 15 is 0 Å². The molecule has 1 aromatic carbocycles. The summed E-state index contributed by atoms with van der Waals surface area (Å²) in [6, 6.07) is 8.22. The van der Waals surface area contributed by atoms with E-state index < -0.39 is 0 Å². The lowest BCUT2D eigenvalue weighted by atomic mass is 9.89. The number of benzene rings is 1. The number of nitrogens with zero attached hydrogens (tertiary/aromatic N) is 2. The van der Waals surface area contributed by atoms with Crippen molar-refractivity contribution in [3.05, 3.63) is 34.9 Å². The van der Waals surface area contributed by atoms with Gasteiger partial charge in [0.25, 0.3) is 0 Å². The molecule has 1 aliphatic carbocycles. The molecule has 19 heavy (non-hydrogen) atoms. The van der Waals surface area contributed by atoms with E-state index in [-0.39, 0.29) is 0 Å². The highest BCUT2D eigenvalue weighted by molar-refractivity contribution is 5.37. The van der Waals surface area contributed by atoms with Crippen LogP contribution in [0.3, 0.4) is 0 Å². The Labute approximate surface area is 117 Å². The summed E-state index contributed by atoms with van der Waals surface area (Å²) in [5, 5.41) is 8.89. The van der Waals surface area contributed by atoms with Gasteiger partial charge in [-0.1, -0.05) is 25.3 Å². The molecule has 0 radical (unpaired) electrons. The molecule has 0 aliphatic heterocycles. The van der Waals surface area contributed by atoms with Gasteiger partial charge in [-0.3, -0.25) is 0 Å². The molecular formula is C17H24N2. The normalized spacial score (nSPS) is 16.5. The Morgan fingerprint density at radius 3 is 2.63 bits per heavy atom. The van der Waals surface area contributed by atoms with Crippen LogP contribution in [0.2, 0.25) is 0 Å². The summed E-state index contributed by atoms with van der Waals surface area (Å²) >= 11 is 0. The molecule has 1 fully saturated rings. The third-order valence-electron chi connectivity index (χ3n) is 4.21. The van der Waals surface area contributed by atoms with E-state index in [1.54, 1.807) is 0 Å². The molecule has 0 aromatic heterocycles. The van der Waals surface area contributed by atoms with Gasteiger partial charge < -0.3 is 4.90 Å². The first-order chi connectivity index (χ1) is 9.19. The van der Waals surface area contributed by atoms with E-state index in [2.05, 4.69) is 31.0 Å². The van der Waals surface area contributed by atoms with Crippen molar-refractivity contribution in [2.45, 2.75) is 45.6 Å². The third kappa shape index (κ3) is 4.08. The maximum absolute atomic E-state index is 8.89. The molecule has 0 heterocycles. The second-order valence-electron chi connectivity index (χ2n) is 5.95.